The van der Waals surface area contributed by atoms with Crippen molar-refractivity contribution in [2.24, 2.45) is 0 Å². The Morgan fingerprint density at radius 2 is 1.90 bits per heavy atom. The van der Waals surface area contributed by atoms with Crippen molar-refractivity contribution in [2.75, 3.05) is 17.2 Å². The average Bonchev–Trinajstić information content (AvgIpc) is 2.40. The summed E-state index contributed by atoms with van der Waals surface area (Å²) in [5.74, 6) is -0.687. The van der Waals surface area contributed by atoms with Crippen LogP contribution >= 0.6 is 27.5 Å². The first-order chi connectivity index (χ1) is 9.54. The summed E-state index contributed by atoms with van der Waals surface area (Å²) < 4.78 is 14.2. The SMILES string of the molecule is O=C(CNc1ccc(Br)cc1F)Nc1ccc(Cl)cc1. The molecule has 0 radical (unpaired) electrons. The molecular weight excluding hydrogens is 347 g/mol. The van der Waals surface area contributed by atoms with Crippen LogP contribution in [-0.2, 0) is 4.79 Å². The predicted octanol–water partition coefficient (Wildman–Crippen LogP) is 4.29. The van der Waals surface area contributed by atoms with Crippen LogP contribution in [0.15, 0.2) is 46.9 Å². The van der Waals surface area contributed by atoms with Crippen molar-refractivity contribution >= 4 is 44.8 Å². The third-order valence-electron chi connectivity index (χ3n) is 2.50. The van der Waals surface area contributed by atoms with Crippen LogP contribution in [0.5, 0.6) is 0 Å². The number of rotatable bonds is 4. The van der Waals surface area contributed by atoms with Crippen LogP contribution in [-0.4, -0.2) is 12.5 Å². The number of hydrogen-bond acceptors (Lipinski definition) is 2. The van der Waals surface area contributed by atoms with E-state index >= 15 is 0 Å². The molecule has 2 aromatic carbocycles. The lowest BCUT2D eigenvalue weighted by Gasteiger charge is -2.09. The van der Waals surface area contributed by atoms with Gasteiger partial charge in [-0.25, -0.2) is 4.39 Å². The Bertz CT molecular complexity index is 619. The Hall–Kier alpha value is -1.59. The molecule has 0 heterocycles. The van der Waals surface area contributed by atoms with Crippen LogP contribution in [0.3, 0.4) is 0 Å². The summed E-state index contributed by atoms with van der Waals surface area (Å²) in [4.78, 5) is 11.7. The van der Waals surface area contributed by atoms with Crippen molar-refractivity contribution in [3.8, 4) is 0 Å². The zero-order chi connectivity index (χ0) is 14.5. The van der Waals surface area contributed by atoms with E-state index in [1.807, 2.05) is 0 Å². The molecule has 0 fully saturated rings. The molecule has 20 heavy (non-hydrogen) atoms. The maximum atomic E-state index is 13.5. The molecule has 0 aliphatic rings. The molecule has 0 aliphatic carbocycles. The first-order valence-corrected chi connectivity index (χ1v) is 6.96. The highest BCUT2D eigenvalue weighted by Gasteiger charge is 2.06. The molecule has 2 rings (SSSR count). The molecule has 0 unspecified atom stereocenters. The molecule has 3 nitrogen and oxygen atoms in total. The Kier molecular flexibility index (Phi) is 4.98. The smallest absolute Gasteiger partial charge is 0.243 e. The number of benzene rings is 2. The Labute approximate surface area is 129 Å². The van der Waals surface area contributed by atoms with Gasteiger partial charge in [0.2, 0.25) is 5.91 Å². The molecule has 104 valence electrons. The van der Waals surface area contributed by atoms with Gasteiger partial charge in [0.05, 0.1) is 12.2 Å². The van der Waals surface area contributed by atoms with Crippen LogP contribution < -0.4 is 10.6 Å². The third kappa shape index (κ3) is 4.21. The van der Waals surface area contributed by atoms with E-state index < -0.39 is 5.82 Å². The van der Waals surface area contributed by atoms with Gasteiger partial charge in [-0.05, 0) is 42.5 Å². The van der Waals surface area contributed by atoms with Gasteiger partial charge < -0.3 is 10.6 Å². The predicted molar refractivity (Wildman–Crippen MR) is 82.7 cm³/mol. The summed E-state index contributed by atoms with van der Waals surface area (Å²) in [6.45, 7) is -0.0266. The highest BCUT2D eigenvalue weighted by Crippen LogP contribution is 2.19. The highest BCUT2D eigenvalue weighted by atomic mass is 79.9. The number of halogens is 3. The molecule has 0 bridgehead atoms. The number of carbonyl (C=O) groups excluding carboxylic acids is 1. The molecule has 0 aromatic heterocycles. The second-order valence-corrected chi connectivity index (χ2v) is 5.38. The van der Waals surface area contributed by atoms with Gasteiger partial charge in [0.1, 0.15) is 5.82 Å². The lowest BCUT2D eigenvalue weighted by molar-refractivity contribution is -0.114. The zero-order valence-corrected chi connectivity index (χ0v) is 12.6. The minimum atomic E-state index is -0.418. The number of amides is 1. The fourth-order valence-corrected chi connectivity index (χ4v) is 2.01. The van der Waals surface area contributed by atoms with Gasteiger partial charge in [0.25, 0.3) is 0 Å². The van der Waals surface area contributed by atoms with Crippen molar-refractivity contribution in [3.63, 3.8) is 0 Å². The van der Waals surface area contributed by atoms with Gasteiger partial charge in [0.15, 0.2) is 0 Å². The average molecular weight is 358 g/mol. The van der Waals surface area contributed by atoms with Gasteiger partial charge in [0, 0.05) is 15.2 Å². The summed E-state index contributed by atoms with van der Waals surface area (Å²) in [5, 5.41) is 6.01. The Morgan fingerprint density at radius 3 is 2.55 bits per heavy atom. The molecule has 0 saturated heterocycles. The Balaban J connectivity index is 1.90. The van der Waals surface area contributed by atoms with Gasteiger partial charge in [-0.15, -0.1) is 0 Å². The second kappa shape index (κ2) is 6.72. The van der Waals surface area contributed by atoms with E-state index in [0.29, 0.717) is 15.2 Å². The van der Waals surface area contributed by atoms with Crippen LogP contribution in [0, 0.1) is 5.82 Å². The summed E-state index contributed by atoms with van der Waals surface area (Å²) >= 11 is 8.92. The number of anilines is 2. The molecular formula is C14H11BrClFN2O. The van der Waals surface area contributed by atoms with E-state index in [9.17, 15) is 9.18 Å². The molecule has 0 saturated carbocycles. The molecule has 0 spiro atoms. The summed E-state index contributed by atoms with van der Waals surface area (Å²) in [6.07, 6.45) is 0. The normalized spacial score (nSPS) is 10.2. The molecule has 2 aromatic rings. The van der Waals surface area contributed by atoms with E-state index in [0.717, 1.165) is 0 Å². The fourth-order valence-electron chi connectivity index (χ4n) is 1.55. The van der Waals surface area contributed by atoms with E-state index in [1.54, 1.807) is 36.4 Å². The first-order valence-electron chi connectivity index (χ1n) is 5.79. The van der Waals surface area contributed by atoms with E-state index in [4.69, 9.17) is 11.6 Å². The van der Waals surface area contributed by atoms with Gasteiger partial charge in [-0.1, -0.05) is 27.5 Å². The largest absolute Gasteiger partial charge is 0.374 e. The third-order valence-corrected chi connectivity index (χ3v) is 3.24. The minimum absolute atomic E-state index is 0.0266. The molecule has 1 amide bonds. The lowest BCUT2D eigenvalue weighted by Crippen LogP contribution is -2.22. The van der Waals surface area contributed by atoms with Crippen LogP contribution in [0.25, 0.3) is 0 Å². The van der Waals surface area contributed by atoms with Crippen molar-refractivity contribution in [1.82, 2.24) is 0 Å². The Morgan fingerprint density at radius 1 is 1.20 bits per heavy atom. The summed E-state index contributed by atoms with van der Waals surface area (Å²) in [7, 11) is 0. The zero-order valence-electron chi connectivity index (χ0n) is 10.3. The van der Waals surface area contributed by atoms with Crippen molar-refractivity contribution in [2.45, 2.75) is 0 Å². The summed E-state index contributed by atoms with van der Waals surface area (Å²) in [6, 6.07) is 11.3. The number of carbonyl (C=O) groups is 1. The number of nitrogens with one attached hydrogen (secondary N) is 2. The minimum Gasteiger partial charge on any atom is -0.374 e. The van der Waals surface area contributed by atoms with Crippen molar-refractivity contribution < 1.29 is 9.18 Å². The molecule has 0 atom stereocenters. The van der Waals surface area contributed by atoms with Crippen LogP contribution in [0.1, 0.15) is 0 Å². The molecule has 2 N–H and O–H groups in total. The molecule has 0 aliphatic heterocycles. The maximum Gasteiger partial charge on any atom is 0.243 e. The van der Waals surface area contributed by atoms with Crippen LogP contribution in [0.4, 0.5) is 15.8 Å². The standard InChI is InChI=1S/C14H11BrClFN2O/c15-9-1-6-13(12(17)7-9)18-8-14(20)19-11-4-2-10(16)3-5-11/h1-7,18H,8H2,(H,19,20). The second-order valence-electron chi connectivity index (χ2n) is 4.03. The monoisotopic (exact) mass is 356 g/mol. The molecule has 6 heteroatoms. The van der Waals surface area contributed by atoms with Crippen molar-refractivity contribution in [1.29, 1.82) is 0 Å². The quantitative estimate of drug-likeness (QED) is 0.857. The fraction of sp³-hybridized carbons (Fsp3) is 0.0714. The maximum absolute atomic E-state index is 13.5. The van der Waals surface area contributed by atoms with E-state index in [2.05, 4.69) is 26.6 Å². The van der Waals surface area contributed by atoms with Crippen molar-refractivity contribution in [3.05, 3.63) is 57.8 Å². The van der Waals surface area contributed by atoms with Gasteiger partial charge in [-0.2, -0.15) is 0 Å². The lowest BCUT2D eigenvalue weighted by atomic mass is 10.3. The van der Waals surface area contributed by atoms with E-state index in [-0.39, 0.29) is 18.1 Å². The van der Waals surface area contributed by atoms with E-state index in [1.165, 1.54) is 6.07 Å². The topological polar surface area (TPSA) is 41.1 Å². The summed E-state index contributed by atoms with van der Waals surface area (Å²) in [5.41, 5.74) is 0.914. The number of hydrogen-bond donors (Lipinski definition) is 2. The first kappa shape index (κ1) is 14.8. The van der Waals surface area contributed by atoms with Gasteiger partial charge in [-0.3, -0.25) is 4.79 Å². The van der Waals surface area contributed by atoms with Crippen LogP contribution in [0.2, 0.25) is 5.02 Å². The van der Waals surface area contributed by atoms with Gasteiger partial charge >= 0.3 is 0 Å². The highest BCUT2D eigenvalue weighted by molar-refractivity contribution is 9.10.